The van der Waals surface area contributed by atoms with Gasteiger partial charge in [0.25, 0.3) is 0 Å². The molecule has 0 aromatic heterocycles. The lowest BCUT2D eigenvalue weighted by Crippen LogP contribution is -2.35. The summed E-state index contributed by atoms with van der Waals surface area (Å²) in [5, 5.41) is 14.3. The summed E-state index contributed by atoms with van der Waals surface area (Å²) < 4.78 is 24.3. The van der Waals surface area contributed by atoms with Crippen LogP contribution in [0.5, 0.6) is 0 Å². The maximum Gasteiger partial charge on any atom is 0.234 e. The van der Waals surface area contributed by atoms with Gasteiger partial charge in [-0.2, -0.15) is 5.26 Å². The molecule has 2 aromatic carbocycles. The summed E-state index contributed by atoms with van der Waals surface area (Å²) in [7, 11) is -3.44. The summed E-state index contributed by atoms with van der Waals surface area (Å²) in [5.74, 6) is -0.315. The Hall–Kier alpha value is -2.69. The molecule has 0 atom stereocenters. The molecule has 0 aliphatic heterocycles. The molecular formula is C18H19N3O3S. The van der Waals surface area contributed by atoms with Crippen molar-refractivity contribution in [2.45, 2.75) is 11.4 Å². The van der Waals surface area contributed by atoms with E-state index in [2.05, 4.69) is 10.6 Å². The van der Waals surface area contributed by atoms with Crippen LogP contribution in [0, 0.1) is 11.3 Å². The van der Waals surface area contributed by atoms with Crippen LogP contribution < -0.4 is 10.6 Å². The number of carbonyl (C=O) groups is 1. The van der Waals surface area contributed by atoms with E-state index in [1.54, 1.807) is 0 Å². The first kappa shape index (κ1) is 18.6. The fourth-order valence-electron chi connectivity index (χ4n) is 2.12. The van der Waals surface area contributed by atoms with Gasteiger partial charge in [0, 0.05) is 13.1 Å². The van der Waals surface area contributed by atoms with Crippen molar-refractivity contribution in [2.24, 2.45) is 0 Å². The number of hydrogen-bond acceptors (Lipinski definition) is 5. The van der Waals surface area contributed by atoms with Gasteiger partial charge in [0.1, 0.15) is 0 Å². The highest BCUT2D eigenvalue weighted by Crippen LogP contribution is 2.11. The van der Waals surface area contributed by atoms with Gasteiger partial charge in [-0.15, -0.1) is 0 Å². The summed E-state index contributed by atoms with van der Waals surface area (Å²) in [6, 6.07) is 17.2. The van der Waals surface area contributed by atoms with Crippen LogP contribution in [0.25, 0.3) is 0 Å². The third-order valence-electron chi connectivity index (χ3n) is 3.51. The molecule has 0 spiro atoms. The van der Waals surface area contributed by atoms with E-state index in [4.69, 9.17) is 5.26 Å². The van der Waals surface area contributed by atoms with Gasteiger partial charge in [-0.3, -0.25) is 4.79 Å². The highest BCUT2D eigenvalue weighted by Gasteiger charge is 2.14. The third kappa shape index (κ3) is 6.03. The highest BCUT2D eigenvalue weighted by molar-refractivity contribution is 7.91. The van der Waals surface area contributed by atoms with Crippen LogP contribution in [-0.2, 0) is 21.2 Å². The Morgan fingerprint density at radius 1 is 1.04 bits per heavy atom. The molecule has 0 heterocycles. The second-order valence-corrected chi connectivity index (χ2v) is 7.50. The van der Waals surface area contributed by atoms with E-state index in [1.165, 1.54) is 24.3 Å². The van der Waals surface area contributed by atoms with Crippen LogP contribution in [-0.4, -0.2) is 33.2 Å². The van der Waals surface area contributed by atoms with Gasteiger partial charge in [0.05, 0.1) is 28.8 Å². The molecule has 2 aromatic rings. The molecule has 0 saturated carbocycles. The normalized spacial score (nSPS) is 10.8. The minimum absolute atomic E-state index is 0.0513. The number of rotatable bonds is 8. The largest absolute Gasteiger partial charge is 0.351 e. The summed E-state index contributed by atoms with van der Waals surface area (Å²) in [5.41, 5.74) is 1.41. The van der Waals surface area contributed by atoms with Gasteiger partial charge in [0.2, 0.25) is 5.91 Å². The Balaban J connectivity index is 1.72. The molecule has 25 heavy (non-hydrogen) atoms. The zero-order chi connectivity index (χ0) is 18.1. The highest BCUT2D eigenvalue weighted by atomic mass is 32.2. The first-order valence-electron chi connectivity index (χ1n) is 7.75. The maximum absolute atomic E-state index is 12.2. The second-order valence-electron chi connectivity index (χ2n) is 5.39. The Labute approximate surface area is 147 Å². The first-order valence-corrected chi connectivity index (χ1v) is 9.41. The fraction of sp³-hybridized carbons (Fsp3) is 0.222. The van der Waals surface area contributed by atoms with Crippen LogP contribution in [0.2, 0.25) is 0 Å². The lowest BCUT2D eigenvalue weighted by molar-refractivity contribution is -0.120. The van der Waals surface area contributed by atoms with Crippen molar-refractivity contribution in [3.05, 3.63) is 65.7 Å². The van der Waals surface area contributed by atoms with Crippen molar-refractivity contribution in [2.75, 3.05) is 18.8 Å². The summed E-state index contributed by atoms with van der Waals surface area (Å²) in [6.07, 6.45) is 0. The summed E-state index contributed by atoms with van der Waals surface area (Å²) in [6.45, 7) is 0.654. The lowest BCUT2D eigenvalue weighted by atomic mass is 10.2. The average molecular weight is 357 g/mol. The molecule has 0 aliphatic rings. The van der Waals surface area contributed by atoms with Crippen molar-refractivity contribution >= 4 is 15.7 Å². The predicted molar refractivity (Wildman–Crippen MR) is 94.4 cm³/mol. The minimum atomic E-state index is -3.44. The number of nitrogens with zero attached hydrogens (tertiary/aromatic N) is 1. The van der Waals surface area contributed by atoms with Crippen LogP contribution in [0.1, 0.15) is 11.1 Å². The number of nitriles is 1. The Kier molecular flexibility index (Phi) is 6.69. The van der Waals surface area contributed by atoms with Crippen LogP contribution in [0.15, 0.2) is 59.5 Å². The van der Waals surface area contributed by atoms with Crippen molar-refractivity contribution in [3.63, 3.8) is 0 Å². The number of benzene rings is 2. The molecule has 0 radical (unpaired) electrons. The smallest absolute Gasteiger partial charge is 0.234 e. The molecule has 2 rings (SSSR count). The number of hydrogen-bond donors (Lipinski definition) is 2. The minimum Gasteiger partial charge on any atom is -0.351 e. The topological polar surface area (TPSA) is 99.1 Å². The van der Waals surface area contributed by atoms with Gasteiger partial charge >= 0.3 is 0 Å². The third-order valence-corrected chi connectivity index (χ3v) is 5.24. The Morgan fingerprint density at radius 2 is 1.72 bits per heavy atom. The Bertz CT molecular complexity index is 841. The van der Waals surface area contributed by atoms with Crippen LogP contribution in [0.4, 0.5) is 0 Å². The number of nitrogens with one attached hydrogen (secondary N) is 2. The van der Waals surface area contributed by atoms with E-state index < -0.39 is 9.84 Å². The van der Waals surface area contributed by atoms with E-state index in [0.29, 0.717) is 12.1 Å². The zero-order valence-electron chi connectivity index (χ0n) is 13.6. The van der Waals surface area contributed by atoms with Gasteiger partial charge < -0.3 is 10.6 Å². The molecule has 0 saturated heterocycles. The fourth-order valence-corrected chi connectivity index (χ4v) is 3.32. The number of sulfone groups is 1. The van der Waals surface area contributed by atoms with Gasteiger partial charge in [-0.05, 0) is 29.8 Å². The quantitative estimate of drug-likeness (QED) is 0.693. The van der Waals surface area contributed by atoms with Crippen LogP contribution in [0.3, 0.4) is 0 Å². The molecule has 2 N–H and O–H groups in total. The SMILES string of the molecule is N#Cc1ccc(S(=O)(=O)CCNCC(=O)NCc2ccccc2)cc1. The molecule has 130 valence electrons. The molecule has 1 amide bonds. The number of amides is 1. The van der Waals surface area contributed by atoms with Crippen LogP contribution >= 0.6 is 0 Å². The molecule has 0 fully saturated rings. The van der Waals surface area contributed by atoms with Crippen molar-refractivity contribution in [3.8, 4) is 6.07 Å². The van der Waals surface area contributed by atoms with E-state index in [1.807, 2.05) is 36.4 Å². The van der Waals surface area contributed by atoms with Crippen molar-refractivity contribution in [1.82, 2.24) is 10.6 Å². The average Bonchev–Trinajstić information content (AvgIpc) is 2.64. The van der Waals surface area contributed by atoms with Gasteiger partial charge in [-0.1, -0.05) is 30.3 Å². The standard InChI is InChI=1S/C18H19N3O3S/c19-12-15-6-8-17(9-7-15)25(23,24)11-10-20-14-18(22)21-13-16-4-2-1-3-5-16/h1-9,20H,10-11,13-14H2,(H,21,22). The van der Waals surface area contributed by atoms with E-state index in [9.17, 15) is 13.2 Å². The van der Waals surface area contributed by atoms with E-state index in [-0.39, 0.29) is 29.6 Å². The molecular weight excluding hydrogens is 338 g/mol. The molecule has 0 bridgehead atoms. The maximum atomic E-state index is 12.2. The number of carbonyl (C=O) groups excluding carboxylic acids is 1. The van der Waals surface area contributed by atoms with Gasteiger partial charge in [-0.25, -0.2) is 8.42 Å². The molecule has 7 heteroatoms. The van der Waals surface area contributed by atoms with E-state index in [0.717, 1.165) is 5.56 Å². The van der Waals surface area contributed by atoms with Gasteiger partial charge in [0.15, 0.2) is 9.84 Å². The molecule has 0 unspecified atom stereocenters. The molecule has 6 nitrogen and oxygen atoms in total. The zero-order valence-corrected chi connectivity index (χ0v) is 14.4. The monoisotopic (exact) mass is 357 g/mol. The van der Waals surface area contributed by atoms with Crippen molar-refractivity contribution in [1.29, 1.82) is 5.26 Å². The lowest BCUT2D eigenvalue weighted by Gasteiger charge is -2.08. The first-order chi connectivity index (χ1) is 12.0. The predicted octanol–water partition coefficient (Wildman–Crippen LogP) is 1.24. The second kappa shape index (κ2) is 8.97. The van der Waals surface area contributed by atoms with Crippen molar-refractivity contribution < 1.29 is 13.2 Å². The summed E-state index contributed by atoms with van der Waals surface area (Å²) in [4.78, 5) is 11.9. The Morgan fingerprint density at radius 3 is 2.36 bits per heavy atom. The van der Waals surface area contributed by atoms with E-state index >= 15 is 0 Å². The molecule has 0 aliphatic carbocycles. The summed E-state index contributed by atoms with van der Waals surface area (Å²) >= 11 is 0.